The van der Waals surface area contributed by atoms with Crippen molar-refractivity contribution < 1.29 is 43.8 Å². The number of urea groups is 1. The zero-order valence-corrected chi connectivity index (χ0v) is 33.0. The number of amides is 4. The fourth-order valence-electron chi connectivity index (χ4n) is 6.52. The number of aliphatic carboxylic acids is 1. The van der Waals surface area contributed by atoms with Crippen LogP contribution < -0.4 is 36.5 Å². The lowest BCUT2D eigenvalue weighted by molar-refractivity contribution is -0.385. The highest BCUT2D eigenvalue weighted by Gasteiger charge is 2.36. The number of fused-ring (bicyclic) bond motifs is 9. The van der Waals surface area contributed by atoms with Crippen molar-refractivity contribution in [2.45, 2.75) is 102 Å². The number of phenols is 1. The largest absolute Gasteiger partial charge is 0.504 e. The van der Waals surface area contributed by atoms with Gasteiger partial charge in [0.15, 0.2) is 17.5 Å². The van der Waals surface area contributed by atoms with Gasteiger partial charge < -0.3 is 46.7 Å². The molecule has 0 fully saturated rings. The zero-order chi connectivity index (χ0) is 40.6. The Bertz CT molecular complexity index is 1830. The lowest BCUT2D eigenvalue weighted by Gasteiger charge is -2.30. The second-order valence-electron chi connectivity index (χ2n) is 13.8. The number of carbonyl (C=O) groups is 4. The van der Waals surface area contributed by atoms with E-state index in [1.807, 2.05) is 0 Å². The SMILES string of the molecule is CCCCCCCCCCCNC(=O)N[C@@H](C(=O)O)C1NC(=O)[C@H](Cc2ccccc2)NC(=O)[C@H](N)Cc2ccc(c([N+](=O)[O-])c2)Oc2cc1cc(O)c2OC.Cl. The van der Waals surface area contributed by atoms with E-state index in [9.17, 15) is 39.5 Å². The molecule has 0 aromatic heterocycles. The number of nitrogens with two attached hydrogens (primary N) is 1. The van der Waals surface area contributed by atoms with Gasteiger partial charge in [0.1, 0.15) is 6.04 Å². The second kappa shape index (κ2) is 22.8. The maximum absolute atomic E-state index is 14.2. The fourth-order valence-corrected chi connectivity index (χ4v) is 6.52. The molecule has 2 aliphatic heterocycles. The van der Waals surface area contributed by atoms with Crippen LogP contribution in [0, 0.1) is 10.1 Å². The number of unbranched alkanes of at least 4 members (excludes halogenated alkanes) is 8. The number of benzene rings is 3. The number of carbonyl (C=O) groups excluding carboxylic acids is 3. The van der Waals surface area contributed by atoms with E-state index in [4.69, 9.17) is 15.2 Å². The summed E-state index contributed by atoms with van der Waals surface area (Å²) in [4.78, 5) is 65.2. The van der Waals surface area contributed by atoms with Crippen molar-refractivity contribution in [3.05, 3.63) is 87.5 Å². The van der Waals surface area contributed by atoms with Crippen LogP contribution in [0.2, 0.25) is 0 Å². The molecule has 3 aromatic rings. The third kappa shape index (κ3) is 13.5. The van der Waals surface area contributed by atoms with Gasteiger partial charge >= 0.3 is 17.7 Å². The summed E-state index contributed by atoms with van der Waals surface area (Å²) in [5.74, 6) is -4.45. The van der Waals surface area contributed by atoms with E-state index in [1.165, 1.54) is 57.1 Å². The molecule has 310 valence electrons. The number of hydrogen-bond acceptors (Lipinski definition) is 10. The van der Waals surface area contributed by atoms with E-state index in [1.54, 1.807) is 30.3 Å². The number of hydrogen-bond donors (Lipinski definition) is 7. The first kappa shape index (κ1) is 45.8. The molecule has 0 saturated heterocycles. The van der Waals surface area contributed by atoms with Crippen molar-refractivity contribution in [2.75, 3.05) is 13.7 Å². The molecule has 4 amide bonds. The first-order valence-corrected chi connectivity index (χ1v) is 18.9. The van der Waals surface area contributed by atoms with E-state index in [2.05, 4.69) is 28.2 Å². The predicted octanol–water partition coefficient (Wildman–Crippen LogP) is 5.57. The molecule has 8 N–H and O–H groups in total. The van der Waals surface area contributed by atoms with Crippen LogP contribution in [0.25, 0.3) is 0 Å². The lowest BCUT2D eigenvalue weighted by atomic mass is 9.96. The number of rotatable bonds is 17. The Morgan fingerprint density at radius 2 is 1.63 bits per heavy atom. The number of methoxy groups -OCH3 is 1. The first-order valence-electron chi connectivity index (χ1n) is 18.9. The molecular weight excluding hydrogens is 760 g/mol. The number of carboxylic acids is 1. The number of halogens is 1. The topological polar surface area (TPSA) is 244 Å². The van der Waals surface area contributed by atoms with Crippen LogP contribution in [-0.4, -0.2) is 70.7 Å². The average Bonchev–Trinajstić information content (AvgIpc) is 3.16. The zero-order valence-electron chi connectivity index (χ0n) is 32.2. The Morgan fingerprint density at radius 1 is 0.965 bits per heavy atom. The molecule has 0 spiro atoms. The number of nitro groups is 1. The van der Waals surface area contributed by atoms with Crippen LogP contribution in [-0.2, 0) is 27.2 Å². The van der Waals surface area contributed by atoms with Gasteiger partial charge in [0, 0.05) is 19.0 Å². The summed E-state index contributed by atoms with van der Waals surface area (Å²) < 4.78 is 11.3. The van der Waals surface area contributed by atoms with E-state index in [-0.39, 0.29) is 54.6 Å². The average molecular weight is 813 g/mol. The monoisotopic (exact) mass is 812 g/mol. The lowest BCUT2D eigenvalue weighted by Crippen LogP contribution is -2.57. The Labute approximate surface area is 337 Å². The normalized spacial score (nSPS) is 17.2. The second-order valence-corrected chi connectivity index (χ2v) is 13.8. The molecule has 2 aliphatic rings. The van der Waals surface area contributed by atoms with E-state index in [0.29, 0.717) is 17.5 Å². The molecule has 1 unspecified atom stereocenters. The van der Waals surface area contributed by atoms with Crippen molar-refractivity contribution >= 4 is 41.9 Å². The van der Waals surface area contributed by atoms with Crippen molar-refractivity contribution in [1.82, 2.24) is 21.3 Å². The van der Waals surface area contributed by atoms with Gasteiger partial charge in [-0.25, -0.2) is 9.59 Å². The molecule has 17 heteroatoms. The molecule has 16 nitrogen and oxygen atoms in total. The van der Waals surface area contributed by atoms with Crippen molar-refractivity contribution in [3.63, 3.8) is 0 Å². The molecular formula is C40H53ClN6O10. The van der Waals surface area contributed by atoms with Gasteiger partial charge in [0.25, 0.3) is 0 Å². The van der Waals surface area contributed by atoms with Gasteiger partial charge in [-0.05, 0) is 47.7 Å². The van der Waals surface area contributed by atoms with E-state index in [0.717, 1.165) is 31.7 Å². The van der Waals surface area contributed by atoms with Gasteiger partial charge in [-0.2, -0.15) is 0 Å². The summed E-state index contributed by atoms with van der Waals surface area (Å²) in [7, 11) is 1.22. The van der Waals surface area contributed by atoms with Gasteiger partial charge in [-0.15, -0.1) is 12.4 Å². The van der Waals surface area contributed by atoms with Crippen LogP contribution >= 0.6 is 12.4 Å². The summed E-state index contributed by atoms with van der Waals surface area (Å²) in [5.41, 5.74) is 6.66. The van der Waals surface area contributed by atoms with Crippen molar-refractivity contribution in [1.29, 1.82) is 0 Å². The molecule has 0 aliphatic carbocycles. The molecule has 5 rings (SSSR count). The molecule has 0 radical (unpaired) electrons. The molecule has 0 saturated carbocycles. The maximum atomic E-state index is 14.2. The summed E-state index contributed by atoms with van der Waals surface area (Å²) in [6.07, 6.45) is 9.45. The number of nitrogens with one attached hydrogen (secondary N) is 4. The van der Waals surface area contributed by atoms with Crippen LogP contribution in [0.5, 0.6) is 23.0 Å². The smallest absolute Gasteiger partial charge is 0.328 e. The third-order valence-electron chi connectivity index (χ3n) is 9.52. The standard InChI is InChI=1S/C40H52N6O10.ClH/c1-3-4-5-6-7-8-9-10-14-19-42-40(52)45-35(39(50)51)34-27-23-31(47)36(55-2)33(24-27)56-32-18-17-26(22-30(32)46(53)54)20-28(41)37(48)43-29(38(49)44-34)21-25-15-12-11-13-16-25;/h11-13,15-18,22-24,28-29,34-35,47H,3-10,14,19-21,41H2,1-2H3,(H,43,48)(H,44,49)(H,50,51)(H2,42,45,52);1H/t28-,29+,34?,35-;/m1./s1. The summed E-state index contributed by atoms with van der Waals surface area (Å²) in [6.45, 7) is 2.45. The molecule has 3 aromatic carbocycles. The molecule has 57 heavy (non-hydrogen) atoms. The highest BCUT2D eigenvalue weighted by atomic mass is 35.5. The van der Waals surface area contributed by atoms with Crippen LogP contribution in [0.1, 0.15) is 87.4 Å². The quantitative estimate of drug-likeness (QED) is 0.0504. The maximum Gasteiger partial charge on any atom is 0.328 e. The first-order chi connectivity index (χ1) is 26.9. The minimum Gasteiger partial charge on any atom is -0.504 e. The fraction of sp³-hybridized carbons (Fsp3) is 0.450. The van der Waals surface area contributed by atoms with Gasteiger partial charge in [-0.1, -0.05) is 94.7 Å². The minimum absolute atomic E-state index is 0. The van der Waals surface area contributed by atoms with Crippen LogP contribution in [0.3, 0.4) is 0 Å². The van der Waals surface area contributed by atoms with E-state index < -0.39 is 64.3 Å². The molecule has 2 heterocycles. The Kier molecular flexibility index (Phi) is 18.3. The predicted molar refractivity (Wildman–Crippen MR) is 215 cm³/mol. The van der Waals surface area contributed by atoms with Crippen molar-refractivity contribution in [3.8, 4) is 23.0 Å². The Morgan fingerprint density at radius 3 is 2.26 bits per heavy atom. The van der Waals surface area contributed by atoms with Gasteiger partial charge in [0.2, 0.25) is 23.3 Å². The Hall–Kier alpha value is -5.61. The van der Waals surface area contributed by atoms with Crippen LogP contribution in [0.4, 0.5) is 10.5 Å². The van der Waals surface area contributed by atoms with Crippen molar-refractivity contribution in [2.24, 2.45) is 5.73 Å². The third-order valence-corrected chi connectivity index (χ3v) is 9.52. The summed E-state index contributed by atoms with van der Waals surface area (Å²) in [5, 5.41) is 44.2. The number of aromatic hydroxyl groups is 1. The van der Waals surface area contributed by atoms with E-state index >= 15 is 0 Å². The minimum atomic E-state index is -1.84. The number of carboxylic acid groups (broad SMARTS) is 1. The highest BCUT2D eigenvalue weighted by molar-refractivity contribution is 5.91. The number of phenolic OH excluding ortho intramolecular Hbond substituents is 1. The van der Waals surface area contributed by atoms with Gasteiger partial charge in [-0.3, -0.25) is 19.7 Å². The molecule has 4 bridgehead atoms. The summed E-state index contributed by atoms with van der Waals surface area (Å²) in [6, 6.07) is 8.25. The van der Waals surface area contributed by atoms with Crippen LogP contribution in [0.15, 0.2) is 60.7 Å². The highest BCUT2D eigenvalue weighted by Crippen LogP contribution is 2.44. The number of nitrogens with zero attached hydrogens (tertiary/aromatic N) is 1. The van der Waals surface area contributed by atoms with Gasteiger partial charge in [0.05, 0.1) is 24.1 Å². The Balaban J connectivity index is 0.00000870. The number of nitro benzene ring substituents is 1. The number of ether oxygens (including phenoxy) is 2. The molecule has 4 atom stereocenters. The summed E-state index contributed by atoms with van der Waals surface area (Å²) >= 11 is 0.